The first-order chi connectivity index (χ1) is 10.1. The number of rotatable bonds is 5. The first-order valence-electron chi connectivity index (χ1n) is 6.73. The predicted octanol–water partition coefficient (Wildman–Crippen LogP) is 1.66. The van der Waals surface area contributed by atoms with Crippen LogP contribution in [0.1, 0.15) is 12.5 Å². The van der Waals surface area contributed by atoms with E-state index in [-0.39, 0.29) is 6.04 Å². The quantitative estimate of drug-likeness (QED) is 0.618. The standard InChI is InChI=1S/C14H20BrN3O3/c1-9(8-19-2)18-14(16)17-7-10-5-11(15)13-12(6-10)20-3-4-21-13/h5-6,9H,3-4,7-8H2,1-2H3,(H3,16,17,18). The van der Waals surface area contributed by atoms with Crippen molar-refractivity contribution in [3.8, 4) is 11.5 Å². The summed E-state index contributed by atoms with van der Waals surface area (Å²) in [5, 5.41) is 3.06. The molecule has 1 aromatic carbocycles. The fourth-order valence-corrected chi connectivity index (χ4v) is 2.63. The van der Waals surface area contributed by atoms with Gasteiger partial charge in [-0.25, -0.2) is 4.99 Å². The van der Waals surface area contributed by atoms with Crippen LogP contribution >= 0.6 is 15.9 Å². The first-order valence-corrected chi connectivity index (χ1v) is 7.53. The number of hydrogen-bond acceptors (Lipinski definition) is 4. The molecule has 1 atom stereocenters. The van der Waals surface area contributed by atoms with E-state index in [0.717, 1.165) is 21.5 Å². The summed E-state index contributed by atoms with van der Waals surface area (Å²) in [7, 11) is 1.65. The molecule has 1 aliphatic rings. The predicted molar refractivity (Wildman–Crippen MR) is 84.9 cm³/mol. The van der Waals surface area contributed by atoms with Gasteiger partial charge in [-0.1, -0.05) is 0 Å². The SMILES string of the molecule is COCC(C)NC(N)=NCc1cc(Br)c2c(c1)OCCO2. The van der Waals surface area contributed by atoms with Crippen LogP contribution in [0.2, 0.25) is 0 Å². The van der Waals surface area contributed by atoms with Gasteiger partial charge in [0.15, 0.2) is 17.5 Å². The molecule has 0 aliphatic carbocycles. The van der Waals surface area contributed by atoms with Gasteiger partial charge in [0.2, 0.25) is 0 Å². The molecule has 3 N–H and O–H groups in total. The van der Waals surface area contributed by atoms with Gasteiger partial charge in [-0.05, 0) is 40.5 Å². The van der Waals surface area contributed by atoms with Crippen molar-refractivity contribution >= 4 is 21.9 Å². The third kappa shape index (κ3) is 4.50. The molecule has 7 heteroatoms. The molecule has 6 nitrogen and oxygen atoms in total. The van der Waals surface area contributed by atoms with Crippen molar-refractivity contribution in [3.05, 3.63) is 22.2 Å². The number of hydrogen-bond donors (Lipinski definition) is 2. The third-order valence-corrected chi connectivity index (χ3v) is 3.49. The number of benzene rings is 1. The van der Waals surface area contributed by atoms with E-state index in [1.807, 2.05) is 19.1 Å². The molecule has 1 aromatic rings. The topological polar surface area (TPSA) is 78.1 Å². The van der Waals surface area contributed by atoms with Gasteiger partial charge in [-0.15, -0.1) is 0 Å². The average Bonchev–Trinajstić information content (AvgIpc) is 2.45. The Balaban J connectivity index is 2.01. The number of nitrogens with zero attached hydrogens (tertiary/aromatic N) is 1. The summed E-state index contributed by atoms with van der Waals surface area (Å²) in [6, 6.07) is 4.00. The second kappa shape index (κ2) is 7.51. The molecule has 0 amide bonds. The molecule has 1 heterocycles. The number of nitrogens with one attached hydrogen (secondary N) is 1. The normalized spacial score (nSPS) is 15.7. The number of fused-ring (bicyclic) bond motifs is 1. The zero-order valence-electron chi connectivity index (χ0n) is 12.2. The van der Waals surface area contributed by atoms with Gasteiger partial charge >= 0.3 is 0 Å². The second-order valence-corrected chi connectivity index (χ2v) is 5.66. The molecule has 0 aromatic heterocycles. The molecule has 1 aliphatic heterocycles. The molecule has 0 radical (unpaired) electrons. The van der Waals surface area contributed by atoms with Crippen LogP contribution in [0.4, 0.5) is 0 Å². The number of methoxy groups -OCH3 is 1. The Hall–Kier alpha value is -1.47. The number of guanidine groups is 1. The zero-order valence-corrected chi connectivity index (χ0v) is 13.8. The zero-order chi connectivity index (χ0) is 15.2. The van der Waals surface area contributed by atoms with E-state index in [1.54, 1.807) is 7.11 Å². The van der Waals surface area contributed by atoms with Gasteiger partial charge in [-0.3, -0.25) is 0 Å². The molecule has 0 saturated carbocycles. The highest BCUT2D eigenvalue weighted by atomic mass is 79.9. The van der Waals surface area contributed by atoms with Crippen molar-refractivity contribution in [3.63, 3.8) is 0 Å². The Labute approximate surface area is 132 Å². The minimum absolute atomic E-state index is 0.116. The van der Waals surface area contributed by atoms with Crippen molar-refractivity contribution in [2.75, 3.05) is 26.9 Å². The molecule has 0 spiro atoms. The van der Waals surface area contributed by atoms with E-state index in [9.17, 15) is 0 Å². The Morgan fingerprint density at radius 1 is 1.48 bits per heavy atom. The summed E-state index contributed by atoms with van der Waals surface area (Å²) in [5.41, 5.74) is 6.84. The van der Waals surface area contributed by atoms with E-state index in [1.165, 1.54) is 0 Å². The fourth-order valence-electron chi connectivity index (χ4n) is 2.02. The molecule has 0 saturated heterocycles. The highest BCUT2D eigenvalue weighted by Crippen LogP contribution is 2.38. The van der Waals surface area contributed by atoms with Crippen LogP contribution in [0.5, 0.6) is 11.5 Å². The van der Waals surface area contributed by atoms with Gasteiger partial charge in [0, 0.05) is 13.2 Å². The van der Waals surface area contributed by atoms with E-state index < -0.39 is 0 Å². The van der Waals surface area contributed by atoms with Gasteiger partial charge in [0.1, 0.15) is 13.2 Å². The number of nitrogens with two attached hydrogens (primary N) is 1. The summed E-state index contributed by atoms with van der Waals surface area (Å²) in [6.07, 6.45) is 0. The van der Waals surface area contributed by atoms with Crippen LogP contribution in [0.15, 0.2) is 21.6 Å². The second-order valence-electron chi connectivity index (χ2n) is 4.80. The summed E-state index contributed by atoms with van der Waals surface area (Å²) >= 11 is 3.48. The Morgan fingerprint density at radius 2 is 2.24 bits per heavy atom. The van der Waals surface area contributed by atoms with E-state index >= 15 is 0 Å². The monoisotopic (exact) mass is 357 g/mol. The van der Waals surface area contributed by atoms with Gasteiger partial charge in [0.05, 0.1) is 17.6 Å². The van der Waals surface area contributed by atoms with Crippen LogP contribution in [0, 0.1) is 0 Å². The minimum atomic E-state index is 0.116. The molecule has 0 fully saturated rings. The maximum atomic E-state index is 5.84. The summed E-state index contributed by atoms with van der Waals surface area (Å²) in [6.45, 7) is 4.15. The number of aliphatic imine (C=N–C) groups is 1. The van der Waals surface area contributed by atoms with Crippen LogP contribution in [0.25, 0.3) is 0 Å². The van der Waals surface area contributed by atoms with Crippen molar-refractivity contribution in [1.82, 2.24) is 5.32 Å². The lowest BCUT2D eigenvalue weighted by Crippen LogP contribution is -2.40. The molecular weight excluding hydrogens is 338 g/mol. The Bertz CT molecular complexity index is 522. The lowest BCUT2D eigenvalue weighted by atomic mass is 10.2. The third-order valence-electron chi connectivity index (χ3n) is 2.90. The van der Waals surface area contributed by atoms with E-state index in [4.69, 9.17) is 19.9 Å². The van der Waals surface area contributed by atoms with Crippen molar-refractivity contribution in [1.29, 1.82) is 0 Å². The lowest BCUT2D eigenvalue weighted by Gasteiger charge is -2.20. The Kier molecular flexibility index (Phi) is 5.69. The van der Waals surface area contributed by atoms with Gasteiger partial charge in [0.25, 0.3) is 0 Å². The molecule has 0 bridgehead atoms. The summed E-state index contributed by atoms with van der Waals surface area (Å²) < 4.78 is 17.0. The molecule has 1 unspecified atom stereocenters. The molecule has 21 heavy (non-hydrogen) atoms. The van der Waals surface area contributed by atoms with Crippen LogP contribution in [-0.4, -0.2) is 38.9 Å². The lowest BCUT2D eigenvalue weighted by molar-refractivity contribution is 0.170. The highest BCUT2D eigenvalue weighted by Gasteiger charge is 2.16. The van der Waals surface area contributed by atoms with Crippen LogP contribution in [-0.2, 0) is 11.3 Å². The molecule has 116 valence electrons. The van der Waals surface area contributed by atoms with Crippen molar-refractivity contribution in [2.24, 2.45) is 10.7 Å². The maximum Gasteiger partial charge on any atom is 0.189 e. The molecule has 2 rings (SSSR count). The maximum absolute atomic E-state index is 5.84. The van der Waals surface area contributed by atoms with Crippen molar-refractivity contribution < 1.29 is 14.2 Å². The largest absolute Gasteiger partial charge is 0.486 e. The molecular formula is C14H20BrN3O3. The summed E-state index contributed by atoms with van der Waals surface area (Å²) in [5.74, 6) is 1.87. The fraction of sp³-hybridized carbons (Fsp3) is 0.500. The summed E-state index contributed by atoms with van der Waals surface area (Å²) in [4.78, 5) is 4.32. The first kappa shape index (κ1) is 15.9. The number of halogens is 1. The Morgan fingerprint density at radius 3 is 3.00 bits per heavy atom. The number of ether oxygens (including phenoxy) is 3. The van der Waals surface area contributed by atoms with Crippen LogP contribution in [0.3, 0.4) is 0 Å². The van der Waals surface area contributed by atoms with Crippen molar-refractivity contribution in [2.45, 2.75) is 19.5 Å². The van der Waals surface area contributed by atoms with Gasteiger partial charge < -0.3 is 25.3 Å². The van der Waals surface area contributed by atoms with E-state index in [0.29, 0.717) is 32.3 Å². The van der Waals surface area contributed by atoms with Crippen LogP contribution < -0.4 is 20.5 Å². The highest BCUT2D eigenvalue weighted by molar-refractivity contribution is 9.10. The minimum Gasteiger partial charge on any atom is -0.486 e. The smallest absolute Gasteiger partial charge is 0.189 e. The van der Waals surface area contributed by atoms with E-state index in [2.05, 4.69) is 26.2 Å². The average molecular weight is 358 g/mol. The van der Waals surface area contributed by atoms with Gasteiger partial charge in [-0.2, -0.15) is 0 Å².